The molecule has 6 heteroatoms. The van der Waals surface area contributed by atoms with Crippen molar-refractivity contribution in [3.8, 4) is 5.75 Å². The van der Waals surface area contributed by atoms with Gasteiger partial charge in [-0.3, -0.25) is 4.99 Å². The van der Waals surface area contributed by atoms with Crippen molar-refractivity contribution in [1.29, 1.82) is 0 Å². The zero-order valence-corrected chi connectivity index (χ0v) is 14.2. The van der Waals surface area contributed by atoms with Crippen LogP contribution in [0.1, 0.15) is 12.5 Å². The van der Waals surface area contributed by atoms with Crippen LogP contribution in [0.3, 0.4) is 0 Å². The van der Waals surface area contributed by atoms with E-state index in [9.17, 15) is 0 Å². The minimum atomic E-state index is -0.00170. The summed E-state index contributed by atoms with van der Waals surface area (Å²) >= 11 is 7.63. The highest BCUT2D eigenvalue weighted by atomic mass is 35.5. The summed E-state index contributed by atoms with van der Waals surface area (Å²) < 4.78 is 5.81. The Morgan fingerprint density at radius 1 is 1.36 bits per heavy atom. The fraction of sp³-hybridized carbons (Fsp3) is 0.312. The molecule has 0 fully saturated rings. The van der Waals surface area contributed by atoms with Gasteiger partial charge in [0.2, 0.25) is 0 Å². The molecule has 1 unspecified atom stereocenters. The van der Waals surface area contributed by atoms with Crippen LogP contribution in [0.4, 0.5) is 0 Å². The molecule has 0 saturated heterocycles. The summed E-state index contributed by atoms with van der Waals surface area (Å²) in [5.74, 6) is 1.52. The molecule has 0 radical (unpaired) electrons. The average molecular weight is 338 g/mol. The molecule has 0 spiro atoms. The lowest BCUT2D eigenvalue weighted by Crippen LogP contribution is -2.41. The topological polar surface area (TPSA) is 45.7 Å². The second-order valence-electron chi connectivity index (χ2n) is 4.82. The molecule has 0 saturated carbocycles. The number of ether oxygens (including phenoxy) is 1. The molecule has 0 amide bonds. The SMILES string of the molecule is CN=C(NCc1ccsc1)NCC(C)Oc1cccc(Cl)c1. The zero-order chi connectivity index (χ0) is 15.8. The Labute approximate surface area is 140 Å². The van der Waals surface area contributed by atoms with Crippen LogP contribution in [0.5, 0.6) is 5.75 Å². The van der Waals surface area contributed by atoms with Crippen LogP contribution in [0.15, 0.2) is 46.1 Å². The van der Waals surface area contributed by atoms with Gasteiger partial charge in [-0.05, 0) is 47.5 Å². The van der Waals surface area contributed by atoms with E-state index in [2.05, 4.69) is 32.5 Å². The molecule has 1 atom stereocenters. The molecule has 1 aromatic heterocycles. The standard InChI is InChI=1S/C16H20ClN3OS/c1-12(21-15-5-3-4-14(17)8-15)9-19-16(18-2)20-10-13-6-7-22-11-13/h3-8,11-12H,9-10H2,1-2H3,(H2,18,19,20). The minimum absolute atomic E-state index is 0.00170. The number of hydrogen-bond acceptors (Lipinski definition) is 3. The number of nitrogens with zero attached hydrogens (tertiary/aromatic N) is 1. The third-order valence-corrected chi connectivity index (χ3v) is 3.92. The first-order chi connectivity index (χ1) is 10.7. The number of halogens is 1. The quantitative estimate of drug-likeness (QED) is 0.626. The second kappa shape index (κ2) is 8.66. The van der Waals surface area contributed by atoms with E-state index < -0.39 is 0 Å². The van der Waals surface area contributed by atoms with E-state index >= 15 is 0 Å². The van der Waals surface area contributed by atoms with Gasteiger partial charge in [-0.15, -0.1) is 0 Å². The van der Waals surface area contributed by atoms with Gasteiger partial charge in [-0.2, -0.15) is 11.3 Å². The van der Waals surface area contributed by atoms with Crippen LogP contribution >= 0.6 is 22.9 Å². The van der Waals surface area contributed by atoms with E-state index in [-0.39, 0.29) is 6.10 Å². The first-order valence-corrected chi connectivity index (χ1v) is 8.37. The lowest BCUT2D eigenvalue weighted by Gasteiger charge is -2.17. The number of benzene rings is 1. The maximum atomic E-state index is 5.94. The molecule has 1 aromatic carbocycles. The van der Waals surface area contributed by atoms with Gasteiger partial charge in [-0.25, -0.2) is 0 Å². The normalized spacial score (nSPS) is 12.8. The number of aliphatic imine (C=N–C) groups is 1. The van der Waals surface area contributed by atoms with Gasteiger partial charge in [0.05, 0.1) is 6.54 Å². The Kier molecular flexibility index (Phi) is 6.55. The van der Waals surface area contributed by atoms with Crippen LogP contribution in [0.25, 0.3) is 0 Å². The van der Waals surface area contributed by atoms with E-state index in [0.717, 1.165) is 18.3 Å². The number of rotatable bonds is 6. The van der Waals surface area contributed by atoms with Gasteiger partial charge in [0.15, 0.2) is 5.96 Å². The maximum absolute atomic E-state index is 5.94. The molecule has 2 aromatic rings. The van der Waals surface area contributed by atoms with Crippen LogP contribution in [-0.2, 0) is 6.54 Å². The molecule has 1 heterocycles. The first kappa shape index (κ1) is 16.6. The monoisotopic (exact) mass is 337 g/mol. The van der Waals surface area contributed by atoms with Crippen molar-refractivity contribution in [2.75, 3.05) is 13.6 Å². The van der Waals surface area contributed by atoms with E-state index in [1.165, 1.54) is 5.56 Å². The lowest BCUT2D eigenvalue weighted by molar-refractivity contribution is 0.224. The fourth-order valence-electron chi connectivity index (χ4n) is 1.85. The summed E-state index contributed by atoms with van der Waals surface area (Å²) in [6, 6.07) is 9.50. The number of hydrogen-bond donors (Lipinski definition) is 2. The molecule has 2 N–H and O–H groups in total. The highest BCUT2D eigenvalue weighted by molar-refractivity contribution is 7.07. The molecule has 0 aliphatic rings. The van der Waals surface area contributed by atoms with Gasteiger partial charge in [-0.1, -0.05) is 17.7 Å². The Morgan fingerprint density at radius 2 is 2.23 bits per heavy atom. The van der Waals surface area contributed by atoms with Gasteiger partial charge in [0.25, 0.3) is 0 Å². The first-order valence-electron chi connectivity index (χ1n) is 7.05. The van der Waals surface area contributed by atoms with Crippen molar-refractivity contribution in [2.45, 2.75) is 19.6 Å². The summed E-state index contributed by atoms with van der Waals surface area (Å²) in [6.07, 6.45) is -0.00170. The molecule has 2 rings (SSSR count). The summed E-state index contributed by atoms with van der Waals surface area (Å²) in [6.45, 7) is 3.41. The van der Waals surface area contributed by atoms with Crippen molar-refractivity contribution < 1.29 is 4.74 Å². The van der Waals surface area contributed by atoms with Crippen LogP contribution in [0.2, 0.25) is 5.02 Å². The summed E-state index contributed by atoms with van der Waals surface area (Å²) in [5, 5.41) is 11.4. The lowest BCUT2D eigenvalue weighted by atomic mass is 10.3. The molecule has 4 nitrogen and oxygen atoms in total. The molecule has 0 aliphatic heterocycles. The van der Waals surface area contributed by atoms with Gasteiger partial charge >= 0.3 is 0 Å². The summed E-state index contributed by atoms with van der Waals surface area (Å²) in [5.41, 5.74) is 1.25. The third-order valence-electron chi connectivity index (χ3n) is 2.95. The van der Waals surface area contributed by atoms with Crippen molar-refractivity contribution in [3.05, 3.63) is 51.7 Å². The van der Waals surface area contributed by atoms with E-state index in [1.54, 1.807) is 18.4 Å². The van der Waals surface area contributed by atoms with E-state index in [1.807, 2.05) is 31.2 Å². The molecule has 0 aliphatic carbocycles. The van der Waals surface area contributed by atoms with Crippen molar-refractivity contribution in [3.63, 3.8) is 0 Å². The van der Waals surface area contributed by atoms with E-state index in [4.69, 9.17) is 16.3 Å². The predicted octanol–water partition coefficient (Wildman–Crippen LogP) is 3.53. The second-order valence-corrected chi connectivity index (χ2v) is 6.04. The van der Waals surface area contributed by atoms with Crippen molar-refractivity contribution >= 4 is 28.9 Å². The summed E-state index contributed by atoms with van der Waals surface area (Å²) in [4.78, 5) is 4.20. The van der Waals surface area contributed by atoms with Gasteiger partial charge in [0.1, 0.15) is 11.9 Å². The average Bonchev–Trinajstić information content (AvgIpc) is 3.01. The number of thiophene rings is 1. The van der Waals surface area contributed by atoms with Crippen molar-refractivity contribution in [2.24, 2.45) is 4.99 Å². The predicted molar refractivity (Wildman–Crippen MR) is 94.1 cm³/mol. The molecular weight excluding hydrogens is 318 g/mol. The Balaban J connectivity index is 1.75. The van der Waals surface area contributed by atoms with Crippen molar-refractivity contribution in [1.82, 2.24) is 10.6 Å². The summed E-state index contributed by atoms with van der Waals surface area (Å²) in [7, 11) is 1.76. The highest BCUT2D eigenvalue weighted by Crippen LogP contribution is 2.18. The Morgan fingerprint density at radius 3 is 2.91 bits per heavy atom. The minimum Gasteiger partial charge on any atom is -0.489 e. The number of guanidine groups is 1. The van der Waals surface area contributed by atoms with Crippen LogP contribution in [-0.4, -0.2) is 25.7 Å². The third kappa shape index (κ3) is 5.58. The van der Waals surface area contributed by atoms with Gasteiger partial charge < -0.3 is 15.4 Å². The van der Waals surface area contributed by atoms with Crippen LogP contribution < -0.4 is 15.4 Å². The smallest absolute Gasteiger partial charge is 0.191 e. The Bertz CT molecular complexity index is 601. The largest absolute Gasteiger partial charge is 0.489 e. The molecular formula is C16H20ClN3OS. The number of nitrogens with one attached hydrogen (secondary N) is 2. The van der Waals surface area contributed by atoms with Gasteiger partial charge in [0, 0.05) is 18.6 Å². The molecule has 0 bridgehead atoms. The Hall–Kier alpha value is -1.72. The van der Waals surface area contributed by atoms with Crippen LogP contribution in [0, 0.1) is 0 Å². The molecule has 118 valence electrons. The molecule has 22 heavy (non-hydrogen) atoms. The fourth-order valence-corrected chi connectivity index (χ4v) is 2.70. The highest BCUT2D eigenvalue weighted by Gasteiger charge is 2.06. The van der Waals surface area contributed by atoms with E-state index in [0.29, 0.717) is 11.6 Å². The maximum Gasteiger partial charge on any atom is 0.191 e. The zero-order valence-electron chi connectivity index (χ0n) is 12.7.